The number of nitrogens with one attached hydrogen (secondary N) is 1. The van der Waals surface area contributed by atoms with Crippen molar-refractivity contribution >= 4 is 11.9 Å². The molecule has 0 radical (unpaired) electrons. The van der Waals surface area contributed by atoms with Crippen LogP contribution in [0, 0.1) is 0 Å². The van der Waals surface area contributed by atoms with E-state index < -0.39 is 53.4 Å². The van der Waals surface area contributed by atoms with E-state index in [0.29, 0.717) is 18.6 Å². The number of esters is 1. The topological polar surface area (TPSA) is 55.4 Å². The summed E-state index contributed by atoms with van der Waals surface area (Å²) >= 11 is 0. The molecule has 1 aromatic rings. The fraction of sp³-hybridized carbons (Fsp3) is 0.619. The number of amides is 1. The minimum absolute atomic E-state index is 0.00278. The summed E-state index contributed by atoms with van der Waals surface area (Å²) in [5.41, 5.74) is -3.45. The number of hydrogen-bond donors (Lipinski definition) is 1. The summed E-state index contributed by atoms with van der Waals surface area (Å²) in [4.78, 5) is 24.2. The first-order valence-electron chi connectivity index (χ1n) is 10.0. The van der Waals surface area contributed by atoms with Crippen LogP contribution in [0.3, 0.4) is 0 Å². The van der Waals surface area contributed by atoms with Gasteiger partial charge in [-0.05, 0) is 30.2 Å². The van der Waals surface area contributed by atoms with Gasteiger partial charge in [-0.3, -0.25) is 4.79 Å². The van der Waals surface area contributed by atoms with Gasteiger partial charge < -0.3 is 10.1 Å². The summed E-state index contributed by atoms with van der Waals surface area (Å²) in [5.74, 6) is -1.59. The Morgan fingerprint density at radius 2 is 1.42 bits per heavy atom. The van der Waals surface area contributed by atoms with E-state index in [1.807, 2.05) is 0 Å². The zero-order valence-corrected chi connectivity index (χ0v) is 17.5. The van der Waals surface area contributed by atoms with Crippen molar-refractivity contribution in [2.45, 2.75) is 76.7 Å². The van der Waals surface area contributed by atoms with Crippen molar-refractivity contribution < 1.29 is 40.7 Å². The molecule has 10 heteroatoms. The highest BCUT2D eigenvalue weighted by Crippen LogP contribution is 2.36. The van der Waals surface area contributed by atoms with Crippen molar-refractivity contribution in [3.63, 3.8) is 0 Å². The van der Waals surface area contributed by atoms with E-state index in [9.17, 15) is 35.9 Å². The van der Waals surface area contributed by atoms with Crippen LogP contribution in [0.15, 0.2) is 18.2 Å². The molecular formula is C21H27F6NO3. The molecule has 176 valence electrons. The molecule has 0 aliphatic rings. The molecular weight excluding hydrogens is 428 g/mol. The van der Waals surface area contributed by atoms with Gasteiger partial charge in [0.25, 0.3) is 0 Å². The minimum Gasteiger partial charge on any atom is -0.467 e. The highest BCUT2D eigenvalue weighted by molar-refractivity contribution is 5.85. The first-order valence-corrected chi connectivity index (χ1v) is 10.0. The normalized spacial score (nSPS) is 13.0. The number of rotatable bonds is 11. The molecule has 1 aromatic carbocycles. The van der Waals surface area contributed by atoms with Gasteiger partial charge in [-0.15, -0.1) is 0 Å². The fourth-order valence-corrected chi connectivity index (χ4v) is 3.07. The molecule has 0 aromatic heterocycles. The number of ether oxygens (including phenoxy) is 1. The van der Waals surface area contributed by atoms with Crippen molar-refractivity contribution in [2.75, 3.05) is 7.11 Å². The number of halogens is 6. The van der Waals surface area contributed by atoms with Gasteiger partial charge in [0, 0.05) is 0 Å². The second kappa shape index (κ2) is 12.0. The highest BCUT2D eigenvalue weighted by Gasteiger charge is 2.37. The smallest absolute Gasteiger partial charge is 0.416 e. The van der Waals surface area contributed by atoms with Crippen LogP contribution in [0.5, 0.6) is 0 Å². The highest BCUT2D eigenvalue weighted by atomic mass is 19.4. The third-order valence-corrected chi connectivity index (χ3v) is 4.68. The molecule has 0 bridgehead atoms. The first-order chi connectivity index (χ1) is 14.4. The Kier molecular flexibility index (Phi) is 10.3. The Labute approximate surface area is 177 Å². The second-order valence-electron chi connectivity index (χ2n) is 7.29. The fourth-order valence-electron chi connectivity index (χ4n) is 3.07. The number of carbonyl (C=O) groups excluding carboxylic acids is 2. The van der Waals surface area contributed by atoms with Crippen molar-refractivity contribution in [2.24, 2.45) is 0 Å². The van der Waals surface area contributed by atoms with Crippen molar-refractivity contribution in [3.8, 4) is 0 Å². The molecule has 0 fully saturated rings. The number of alkyl halides is 6. The van der Waals surface area contributed by atoms with Crippen LogP contribution in [0.25, 0.3) is 0 Å². The summed E-state index contributed by atoms with van der Waals surface area (Å²) in [6, 6.07) is -0.0284. The quantitative estimate of drug-likeness (QED) is 0.266. The zero-order valence-electron chi connectivity index (χ0n) is 17.5. The van der Waals surface area contributed by atoms with Gasteiger partial charge in [0.1, 0.15) is 6.04 Å². The van der Waals surface area contributed by atoms with Crippen LogP contribution in [0.1, 0.15) is 68.6 Å². The van der Waals surface area contributed by atoms with Crippen LogP contribution in [-0.4, -0.2) is 25.0 Å². The Balaban J connectivity index is 2.85. The molecule has 4 nitrogen and oxygen atoms in total. The number of methoxy groups -OCH3 is 1. The predicted octanol–water partition coefficient (Wildman–Crippen LogP) is 5.68. The Morgan fingerprint density at radius 1 is 0.903 bits per heavy atom. The molecule has 0 spiro atoms. The minimum atomic E-state index is -5.00. The van der Waals surface area contributed by atoms with E-state index in [4.69, 9.17) is 0 Å². The predicted molar refractivity (Wildman–Crippen MR) is 102 cm³/mol. The number of carbonyl (C=O) groups is 2. The standard InChI is InChI=1S/C21H27F6NO3/c1-3-4-5-6-7-8-9-17(19(30)31-2)28-18(29)12-14-10-15(20(22,23)24)13-16(11-14)21(25,26)27/h10-11,13,17H,3-9,12H2,1-2H3,(H,28,29)/t17-/m1/s1. The van der Waals surface area contributed by atoms with E-state index in [-0.39, 0.29) is 12.5 Å². The SMILES string of the molecule is CCCCCCCC[C@@H](NC(=O)Cc1cc(C(F)(F)F)cc(C(F)(F)F)c1)C(=O)OC. The van der Waals surface area contributed by atoms with Crippen LogP contribution in [0.2, 0.25) is 0 Å². The van der Waals surface area contributed by atoms with Crippen LogP contribution in [0.4, 0.5) is 26.3 Å². The summed E-state index contributed by atoms with van der Waals surface area (Å²) in [5, 5.41) is 2.36. The van der Waals surface area contributed by atoms with Crippen LogP contribution >= 0.6 is 0 Å². The third kappa shape index (κ3) is 9.61. The molecule has 1 rings (SSSR count). The zero-order chi connectivity index (χ0) is 23.7. The summed E-state index contributed by atoms with van der Waals surface area (Å²) in [6.07, 6.45) is -4.86. The van der Waals surface area contributed by atoms with Crippen LogP contribution in [-0.2, 0) is 33.1 Å². The molecule has 0 aliphatic heterocycles. The van der Waals surface area contributed by atoms with Gasteiger partial charge >= 0.3 is 18.3 Å². The van der Waals surface area contributed by atoms with Gasteiger partial charge in [0.2, 0.25) is 5.91 Å². The Morgan fingerprint density at radius 3 is 1.90 bits per heavy atom. The summed E-state index contributed by atoms with van der Waals surface area (Å²) in [6.45, 7) is 2.07. The van der Waals surface area contributed by atoms with E-state index >= 15 is 0 Å². The van der Waals surface area contributed by atoms with Crippen molar-refractivity contribution in [1.29, 1.82) is 0 Å². The third-order valence-electron chi connectivity index (χ3n) is 4.68. The number of benzene rings is 1. The lowest BCUT2D eigenvalue weighted by molar-refractivity contribution is -0.145. The summed E-state index contributed by atoms with van der Waals surface area (Å²) < 4.78 is 82.4. The van der Waals surface area contributed by atoms with E-state index in [2.05, 4.69) is 17.0 Å². The van der Waals surface area contributed by atoms with Gasteiger partial charge in [0.15, 0.2) is 0 Å². The average Bonchev–Trinajstić information content (AvgIpc) is 2.67. The van der Waals surface area contributed by atoms with Gasteiger partial charge in [0.05, 0.1) is 24.7 Å². The molecule has 1 N–H and O–H groups in total. The Hall–Kier alpha value is -2.26. The molecule has 1 atom stereocenters. The number of hydrogen-bond acceptors (Lipinski definition) is 3. The van der Waals surface area contributed by atoms with Crippen molar-refractivity contribution in [1.82, 2.24) is 5.32 Å². The lowest BCUT2D eigenvalue weighted by Crippen LogP contribution is -2.42. The molecule has 0 aliphatic carbocycles. The largest absolute Gasteiger partial charge is 0.467 e. The lowest BCUT2D eigenvalue weighted by atomic mass is 10.0. The number of unbranched alkanes of at least 4 members (excludes halogenated alkanes) is 5. The maximum Gasteiger partial charge on any atom is 0.416 e. The van der Waals surface area contributed by atoms with Crippen molar-refractivity contribution in [3.05, 3.63) is 34.9 Å². The molecule has 1 amide bonds. The molecule has 31 heavy (non-hydrogen) atoms. The van der Waals surface area contributed by atoms with Gasteiger partial charge in [-0.1, -0.05) is 45.4 Å². The lowest BCUT2D eigenvalue weighted by Gasteiger charge is -2.17. The molecule has 0 saturated carbocycles. The van der Waals surface area contributed by atoms with E-state index in [0.717, 1.165) is 39.2 Å². The average molecular weight is 455 g/mol. The molecule has 0 saturated heterocycles. The maximum absolute atomic E-state index is 13.0. The molecule has 0 heterocycles. The molecule has 0 unspecified atom stereocenters. The summed E-state index contributed by atoms with van der Waals surface area (Å²) in [7, 11) is 1.13. The van der Waals surface area contributed by atoms with Crippen LogP contribution < -0.4 is 5.32 Å². The van der Waals surface area contributed by atoms with Gasteiger partial charge in [-0.25, -0.2) is 4.79 Å². The second-order valence-corrected chi connectivity index (χ2v) is 7.29. The van der Waals surface area contributed by atoms with E-state index in [1.54, 1.807) is 0 Å². The van der Waals surface area contributed by atoms with Gasteiger partial charge in [-0.2, -0.15) is 26.3 Å². The van der Waals surface area contributed by atoms with E-state index in [1.165, 1.54) is 0 Å². The monoisotopic (exact) mass is 455 g/mol. The maximum atomic E-state index is 13.0. The first kappa shape index (κ1) is 26.8. The Bertz CT molecular complexity index is 699.